The lowest BCUT2D eigenvalue weighted by molar-refractivity contribution is 0.0951. The zero-order chi connectivity index (χ0) is 21.2. The van der Waals surface area contributed by atoms with E-state index in [-0.39, 0.29) is 23.2 Å². The molecular formula is C21H22N4O4S. The summed E-state index contributed by atoms with van der Waals surface area (Å²) in [6.45, 7) is 1.88. The highest BCUT2D eigenvalue weighted by Gasteiger charge is 2.39. The van der Waals surface area contributed by atoms with Crippen LogP contribution in [0.5, 0.6) is 0 Å². The highest BCUT2D eigenvalue weighted by molar-refractivity contribution is 7.90. The van der Waals surface area contributed by atoms with Crippen LogP contribution >= 0.6 is 0 Å². The Balaban J connectivity index is 1.64. The van der Waals surface area contributed by atoms with Crippen LogP contribution in [-0.2, 0) is 17.1 Å². The van der Waals surface area contributed by atoms with E-state index in [4.69, 9.17) is 0 Å². The molecule has 2 fully saturated rings. The fraction of sp³-hybridized carbons (Fsp3) is 0.381. The molecule has 1 N–H and O–H groups in total. The van der Waals surface area contributed by atoms with Gasteiger partial charge >= 0.3 is 0 Å². The zero-order valence-electron chi connectivity index (χ0n) is 16.8. The number of rotatable bonds is 5. The van der Waals surface area contributed by atoms with Gasteiger partial charge in [0.15, 0.2) is 5.65 Å². The van der Waals surface area contributed by atoms with Crippen molar-refractivity contribution in [1.29, 1.82) is 0 Å². The number of hydrogen-bond acceptors (Lipinski definition) is 5. The monoisotopic (exact) mass is 426 g/mol. The maximum absolute atomic E-state index is 13.2. The van der Waals surface area contributed by atoms with Gasteiger partial charge in [-0.1, -0.05) is 6.07 Å². The SMILES string of the molecule is Cc1ccc(C(=O)NC2CC2)cc1-c1cc2cnn(S(=O)(=O)C3CC3)c2n(C)c1=O. The third-order valence-corrected chi connectivity index (χ3v) is 7.85. The fourth-order valence-corrected chi connectivity index (χ4v) is 5.35. The van der Waals surface area contributed by atoms with Crippen molar-refractivity contribution in [2.45, 2.75) is 43.9 Å². The summed E-state index contributed by atoms with van der Waals surface area (Å²) in [6.07, 6.45) is 4.69. The van der Waals surface area contributed by atoms with Crippen molar-refractivity contribution < 1.29 is 13.2 Å². The van der Waals surface area contributed by atoms with Gasteiger partial charge in [-0.15, -0.1) is 4.09 Å². The van der Waals surface area contributed by atoms with Crippen molar-refractivity contribution >= 4 is 27.0 Å². The highest BCUT2D eigenvalue weighted by atomic mass is 32.2. The van der Waals surface area contributed by atoms with Crippen molar-refractivity contribution in [3.05, 3.63) is 51.9 Å². The van der Waals surface area contributed by atoms with Crippen LogP contribution in [0.3, 0.4) is 0 Å². The van der Waals surface area contributed by atoms with Crippen molar-refractivity contribution in [2.75, 3.05) is 0 Å². The first-order chi connectivity index (χ1) is 14.3. The van der Waals surface area contributed by atoms with Gasteiger partial charge in [0, 0.05) is 29.6 Å². The van der Waals surface area contributed by atoms with E-state index in [1.54, 1.807) is 25.2 Å². The zero-order valence-corrected chi connectivity index (χ0v) is 17.6. The Labute approximate surface area is 173 Å². The first-order valence-electron chi connectivity index (χ1n) is 10.0. The van der Waals surface area contributed by atoms with Crippen LogP contribution in [0.25, 0.3) is 22.2 Å². The molecule has 0 spiro atoms. The molecule has 0 radical (unpaired) electrons. The molecule has 0 atom stereocenters. The maximum Gasteiger partial charge on any atom is 0.259 e. The molecule has 2 aliphatic carbocycles. The minimum Gasteiger partial charge on any atom is -0.349 e. The van der Waals surface area contributed by atoms with Crippen LogP contribution in [0.2, 0.25) is 0 Å². The van der Waals surface area contributed by atoms with E-state index in [0.29, 0.717) is 34.9 Å². The lowest BCUT2D eigenvalue weighted by Gasteiger charge is -2.12. The van der Waals surface area contributed by atoms with Gasteiger partial charge in [-0.3, -0.25) is 14.2 Å². The Kier molecular flexibility index (Phi) is 4.15. The van der Waals surface area contributed by atoms with Gasteiger partial charge in [0.25, 0.3) is 21.5 Å². The van der Waals surface area contributed by atoms with E-state index in [0.717, 1.165) is 22.5 Å². The summed E-state index contributed by atoms with van der Waals surface area (Å²) in [6, 6.07) is 7.20. The number of hydrogen-bond donors (Lipinski definition) is 1. The third-order valence-electron chi connectivity index (χ3n) is 5.78. The van der Waals surface area contributed by atoms with Gasteiger partial charge in [-0.25, -0.2) is 8.42 Å². The number of carbonyl (C=O) groups is 1. The average Bonchev–Trinajstić information content (AvgIpc) is 3.63. The van der Waals surface area contributed by atoms with E-state index in [2.05, 4.69) is 10.4 Å². The summed E-state index contributed by atoms with van der Waals surface area (Å²) in [4.78, 5) is 25.7. The number of benzene rings is 1. The largest absolute Gasteiger partial charge is 0.349 e. The van der Waals surface area contributed by atoms with Crippen LogP contribution in [0.15, 0.2) is 35.3 Å². The van der Waals surface area contributed by atoms with Gasteiger partial charge in [0.1, 0.15) is 0 Å². The van der Waals surface area contributed by atoms with Crippen molar-refractivity contribution in [2.24, 2.45) is 7.05 Å². The Bertz CT molecular complexity index is 1360. The first-order valence-corrected chi connectivity index (χ1v) is 11.5. The molecule has 2 heterocycles. The smallest absolute Gasteiger partial charge is 0.259 e. The highest BCUT2D eigenvalue weighted by Crippen LogP contribution is 2.32. The van der Waals surface area contributed by atoms with Crippen LogP contribution in [0, 0.1) is 6.92 Å². The van der Waals surface area contributed by atoms with Crippen LogP contribution < -0.4 is 10.9 Å². The number of aryl methyl sites for hydroxylation is 2. The molecule has 8 nitrogen and oxygen atoms in total. The predicted octanol–water partition coefficient (Wildman–Crippen LogP) is 1.94. The number of amides is 1. The maximum atomic E-state index is 13.2. The van der Waals surface area contributed by atoms with Crippen molar-refractivity contribution in [1.82, 2.24) is 19.1 Å². The Morgan fingerprint density at radius 2 is 1.87 bits per heavy atom. The molecule has 9 heteroatoms. The van der Waals surface area contributed by atoms with Gasteiger partial charge in [0.05, 0.1) is 11.4 Å². The molecule has 0 bridgehead atoms. The summed E-state index contributed by atoms with van der Waals surface area (Å²) in [5.41, 5.74) is 2.34. The van der Waals surface area contributed by atoms with Crippen molar-refractivity contribution in [3.8, 4) is 11.1 Å². The van der Waals surface area contributed by atoms with Crippen LogP contribution in [-0.4, -0.2) is 39.4 Å². The predicted molar refractivity (Wildman–Crippen MR) is 113 cm³/mol. The van der Waals surface area contributed by atoms with Gasteiger partial charge in [0.2, 0.25) is 0 Å². The number of pyridine rings is 1. The number of fused-ring (bicyclic) bond motifs is 1. The topological polar surface area (TPSA) is 103 Å². The molecule has 0 saturated heterocycles. The second-order valence-electron chi connectivity index (χ2n) is 8.21. The molecule has 156 valence electrons. The van der Waals surface area contributed by atoms with E-state index >= 15 is 0 Å². The molecule has 1 amide bonds. The molecule has 2 aromatic heterocycles. The lowest BCUT2D eigenvalue weighted by Crippen LogP contribution is -2.26. The number of aromatic nitrogens is 3. The number of carbonyl (C=O) groups excluding carboxylic acids is 1. The van der Waals surface area contributed by atoms with E-state index in [1.807, 2.05) is 13.0 Å². The minimum absolute atomic E-state index is 0.153. The van der Waals surface area contributed by atoms with Crippen LogP contribution in [0.4, 0.5) is 0 Å². The molecular weight excluding hydrogens is 404 g/mol. The van der Waals surface area contributed by atoms with E-state index in [9.17, 15) is 18.0 Å². The second kappa shape index (κ2) is 6.53. The average molecular weight is 426 g/mol. The minimum atomic E-state index is -3.60. The molecule has 3 aromatic rings. The summed E-state index contributed by atoms with van der Waals surface area (Å²) < 4.78 is 27.7. The van der Waals surface area contributed by atoms with E-state index in [1.165, 1.54) is 10.8 Å². The number of nitrogens with zero attached hydrogens (tertiary/aromatic N) is 3. The van der Waals surface area contributed by atoms with Crippen molar-refractivity contribution in [3.63, 3.8) is 0 Å². The third kappa shape index (κ3) is 3.04. The summed E-state index contributed by atoms with van der Waals surface area (Å²) >= 11 is 0. The molecule has 1 aromatic carbocycles. The Hall–Kier alpha value is -2.94. The summed E-state index contributed by atoms with van der Waals surface area (Å²) in [5.74, 6) is -0.153. The Morgan fingerprint density at radius 1 is 1.13 bits per heavy atom. The van der Waals surface area contributed by atoms with Gasteiger partial charge < -0.3 is 5.32 Å². The Morgan fingerprint density at radius 3 is 2.53 bits per heavy atom. The normalized spacial score (nSPS) is 16.7. The van der Waals surface area contributed by atoms with Gasteiger partial charge in [-0.2, -0.15) is 5.10 Å². The quantitative estimate of drug-likeness (QED) is 0.672. The molecule has 2 aliphatic rings. The molecule has 30 heavy (non-hydrogen) atoms. The first kappa shape index (κ1) is 19.0. The molecule has 0 aliphatic heterocycles. The molecule has 0 unspecified atom stereocenters. The van der Waals surface area contributed by atoms with Gasteiger partial charge in [-0.05, 0) is 61.9 Å². The van der Waals surface area contributed by atoms with Crippen LogP contribution in [0.1, 0.15) is 41.6 Å². The molecule has 5 rings (SSSR count). The lowest BCUT2D eigenvalue weighted by atomic mass is 9.98. The molecule has 2 saturated carbocycles. The number of nitrogens with one attached hydrogen (secondary N) is 1. The standard InChI is InChI=1S/C21H22N4O4S/c1-12-3-4-13(19(26)23-15-5-6-15)9-17(12)18-10-14-11-22-25(20(14)24(2)21(18)27)30(28,29)16-7-8-16/h3-4,9-11,15-16H,5-8H2,1-2H3,(H,23,26). The second-order valence-corrected chi connectivity index (χ2v) is 10.3. The fourth-order valence-electron chi connectivity index (χ4n) is 3.69. The van der Waals surface area contributed by atoms with E-state index < -0.39 is 15.3 Å². The summed E-state index contributed by atoms with van der Waals surface area (Å²) in [5, 5.41) is 7.16. The summed E-state index contributed by atoms with van der Waals surface area (Å²) in [7, 11) is -2.06.